The van der Waals surface area contributed by atoms with Crippen LogP contribution in [0, 0.1) is 0 Å². The number of rotatable bonds is 6. The van der Waals surface area contributed by atoms with E-state index in [0.717, 1.165) is 18.5 Å². The van der Waals surface area contributed by atoms with E-state index in [1.165, 1.54) is 11.9 Å². The Morgan fingerprint density at radius 2 is 2.25 bits per heavy atom. The van der Waals surface area contributed by atoms with Gasteiger partial charge in [0.2, 0.25) is 5.91 Å². The average molecular weight is 327 g/mol. The minimum absolute atomic E-state index is 0.0367. The summed E-state index contributed by atoms with van der Waals surface area (Å²) in [4.78, 5) is 26.0. The molecule has 1 fully saturated rings. The normalized spacial score (nSPS) is 21.0. The minimum atomic E-state index is -0.444. The molecule has 2 atom stereocenters. The summed E-state index contributed by atoms with van der Waals surface area (Å²) in [6.07, 6.45) is 8.47. The lowest BCUT2D eigenvalue weighted by molar-refractivity contribution is -0.156. The molecule has 1 aliphatic rings. The number of aromatic nitrogens is 3. The number of amides is 1. The van der Waals surface area contributed by atoms with E-state index in [9.17, 15) is 4.79 Å². The lowest BCUT2D eigenvalue weighted by Crippen LogP contribution is -2.55. The maximum Gasteiger partial charge on any atom is 0.227 e. The van der Waals surface area contributed by atoms with Crippen LogP contribution in [-0.2, 0) is 16.0 Å². The van der Waals surface area contributed by atoms with Crippen molar-refractivity contribution in [3.63, 3.8) is 0 Å². The van der Waals surface area contributed by atoms with Crippen molar-refractivity contribution >= 4 is 5.91 Å². The molecule has 7 heteroatoms. The second kappa shape index (κ2) is 7.94. The van der Waals surface area contributed by atoms with Crippen LogP contribution in [0.1, 0.15) is 30.1 Å². The molecule has 1 saturated heterocycles. The fourth-order valence-corrected chi connectivity index (χ4v) is 2.67. The number of nitrogens with one attached hydrogen (secondary N) is 1. The molecule has 0 saturated carbocycles. The summed E-state index contributed by atoms with van der Waals surface area (Å²) in [5, 5.41) is 3.33. The smallest absolute Gasteiger partial charge is 0.227 e. The maximum atomic E-state index is 12.2. The third kappa shape index (κ3) is 4.12. The number of carbonyl (C=O) groups is 1. The highest BCUT2D eigenvalue weighted by Crippen LogP contribution is 2.21. The van der Waals surface area contributed by atoms with Gasteiger partial charge in [-0.15, -0.1) is 0 Å². The molecule has 126 valence electrons. The van der Waals surface area contributed by atoms with Gasteiger partial charge in [0.1, 0.15) is 6.33 Å². The van der Waals surface area contributed by atoms with Gasteiger partial charge < -0.3 is 9.64 Å². The van der Waals surface area contributed by atoms with E-state index in [2.05, 4.69) is 20.3 Å². The predicted octanol–water partition coefficient (Wildman–Crippen LogP) is 1.30. The molecule has 0 spiro atoms. The van der Waals surface area contributed by atoms with Gasteiger partial charge >= 0.3 is 0 Å². The summed E-state index contributed by atoms with van der Waals surface area (Å²) in [6.45, 7) is 0.556. The molecule has 1 amide bonds. The van der Waals surface area contributed by atoms with Crippen molar-refractivity contribution in [3.8, 4) is 0 Å². The Kier molecular flexibility index (Phi) is 5.45. The zero-order chi connectivity index (χ0) is 16.8. The quantitative estimate of drug-likeness (QED) is 0.806. The van der Waals surface area contributed by atoms with Gasteiger partial charge in [-0.3, -0.25) is 15.1 Å². The third-order valence-electron chi connectivity index (χ3n) is 4.04. The Morgan fingerprint density at radius 1 is 1.33 bits per heavy atom. The second-order valence-electron chi connectivity index (χ2n) is 5.75. The molecule has 2 aromatic rings. The van der Waals surface area contributed by atoms with Gasteiger partial charge in [-0.25, -0.2) is 9.97 Å². The first kappa shape index (κ1) is 16.5. The van der Waals surface area contributed by atoms with Crippen molar-refractivity contribution in [2.75, 3.05) is 13.7 Å². The van der Waals surface area contributed by atoms with Gasteiger partial charge in [-0.05, 0) is 30.5 Å². The van der Waals surface area contributed by atoms with Gasteiger partial charge in [0, 0.05) is 32.1 Å². The monoisotopic (exact) mass is 327 g/mol. The summed E-state index contributed by atoms with van der Waals surface area (Å²) < 4.78 is 5.87. The molecule has 24 heavy (non-hydrogen) atoms. The second-order valence-corrected chi connectivity index (χ2v) is 5.75. The van der Waals surface area contributed by atoms with Gasteiger partial charge in [-0.1, -0.05) is 6.07 Å². The molecule has 3 heterocycles. The lowest BCUT2D eigenvalue weighted by atomic mass is 10.1. The van der Waals surface area contributed by atoms with Gasteiger partial charge in [0.15, 0.2) is 6.35 Å². The largest absolute Gasteiger partial charge is 0.345 e. The molecular formula is C17H21N5O2. The summed E-state index contributed by atoms with van der Waals surface area (Å²) >= 11 is 0. The fourth-order valence-electron chi connectivity index (χ4n) is 2.67. The highest BCUT2D eigenvalue weighted by atomic mass is 16.5. The van der Waals surface area contributed by atoms with Crippen LogP contribution in [0.15, 0.2) is 43.1 Å². The Hall–Kier alpha value is -2.38. The summed E-state index contributed by atoms with van der Waals surface area (Å²) in [5.74, 6) is 0.0367. The van der Waals surface area contributed by atoms with Crippen LogP contribution < -0.4 is 5.32 Å². The highest BCUT2D eigenvalue weighted by Gasteiger charge is 2.32. The van der Waals surface area contributed by atoms with E-state index in [4.69, 9.17) is 4.74 Å². The van der Waals surface area contributed by atoms with Crippen molar-refractivity contribution in [1.29, 1.82) is 0 Å². The molecule has 0 aliphatic carbocycles. The summed E-state index contributed by atoms with van der Waals surface area (Å²) in [5.41, 5.74) is 1.98. The van der Waals surface area contributed by atoms with Crippen LogP contribution in [0.4, 0.5) is 0 Å². The summed E-state index contributed by atoms with van der Waals surface area (Å²) in [7, 11) is 1.75. The first-order valence-electron chi connectivity index (χ1n) is 8.02. The molecule has 2 aromatic heterocycles. The van der Waals surface area contributed by atoms with E-state index in [1.54, 1.807) is 24.3 Å². The first-order valence-corrected chi connectivity index (χ1v) is 8.02. The van der Waals surface area contributed by atoms with Crippen LogP contribution >= 0.6 is 0 Å². The molecular weight excluding hydrogens is 306 g/mol. The van der Waals surface area contributed by atoms with Crippen LogP contribution in [-0.4, -0.2) is 45.8 Å². The molecule has 0 radical (unpaired) electrons. The molecule has 1 aliphatic heterocycles. The Labute approximate surface area is 141 Å². The fraction of sp³-hybridized carbons (Fsp3) is 0.412. The zero-order valence-corrected chi connectivity index (χ0v) is 13.6. The maximum absolute atomic E-state index is 12.2. The number of ether oxygens (including phenoxy) is 1. The molecule has 1 N–H and O–H groups in total. The number of aryl methyl sites for hydroxylation is 1. The summed E-state index contributed by atoms with van der Waals surface area (Å²) in [6, 6.07) is 5.64. The van der Waals surface area contributed by atoms with Crippen molar-refractivity contribution < 1.29 is 9.53 Å². The molecule has 7 nitrogen and oxygen atoms in total. The molecule has 0 aromatic carbocycles. The van der Waals surface area contributed by atoms with E-state index >= 15 is 0 Å². The van der Waals surface area contributed by atoms with Crippen LogP contribution in [0.5, 0.6) is 0 Å². The molecule has 0 bridgehead atoms. The van der Waals surface area contributed by atoms with E-state index in [-0.39, 0.29) is 11.9 Å². The standard InChI is InChI=1S/C17H21N5O2/c1-22-16(23)10-15(14-6-8-19-12-20-14)21-17(22)24-9-3-5-13-4-2-7-18-11-13/h2,4,6-8,11-12,15,17,21H,3,5,9-10H2,1H3. The van der Waals surface area contributed by atoms with Crippen LogP contribution in [0.25, 0.3) is 0 Å². The van der Waals surface area contributed by atoms with Crippen molar-refractivity contribution in [2.45, 2.75) is 31.7 Å². The number of nitrogens with zero attached hydrogens (tertiary/aromatic N) is 4. The van der Waals surface area contributed by atoms with Crippen LogP contribution in [0.2, 0.25) is 0 Å². The average Bonchev–Trinajstić information content (AvgIpc) is 2.63. The predicted molar refractivity (Wildman–Crippen MR) is 87.6 cm³/mol. The highest BCUT2D eigenvalue weighted by molar-refractivity contribution is 5.77. The van der Waals surface area contributed by atoms with Gasteiger partial charge in [0.05, 0.1) is 18.3 Å². The first-order chi connectivity index (χ1) is 11.7. The topological polar surface area (TPSA) is 80.2 Å². The van der Waals surface area contributed by atoms with E-state index in [1.807, 2.05) is 24.4 Å². The molecule has 3 rings (SSSR count). The van der Waals surface area contributed by atoms with Gasteiger partial charge in [0.25, 0.3) is 0 Å². The lowest BCUT2D eigenvalue weighted by Gasteiger charge is -2.37. The van der Waals surface area contributed by atoms with Crippen molar-refractivity contribution in [1.82, 2.24) is 25.2 Å². The van der Waals surface area contributed by atoms with E-state index in [0.29, 0.717) is 13.0 Å². The Balaban J connectivity index is 1.52. The Morgan fingerprint density at radius 3 is 3.00 bits per heavy atom. The number of pyridine rings is 1. The minimum Gasteiger partial charge on any atom is -0.345 e. The third-order valence-corrected chi connectivity index (χ3v) is 4.04. The molecule has 2 unspecified atom stereocenters. The number of carbonyl (C=O) groups excluding carboxylic acids is 1. The number of hydrogen-bond acceptors (Lipinski definition) is 6. The Bertz CT molecular complexity index is 653. The van der Waals surface area contributed by atoms with E-state index < -0.39 is 6.35 Å². The zero-order valence-electron chi connectivity index (χ0n) is 13.6. The van der Waals surface area contributed by atoms with Crippen molar-refractivity contribution in [3.05, 3.63) is 54.4 Å². The number of hydrogen-bond donors (Lipinski definition) is 1. The van der Waals surface area contributed by atoms with Crippen LogP contribution in [0.3, 0.4) is 0 Å². The van der Waals surface area contributed by atoms with Crippen molar-refractivity contribution in [2.24, 2.45) is 0 Å². The van der Waals surface area contributed by atoms with Gasteiger partial charge in [-0.2, -0.15) is 0 Å². The SMILES string of the molecule is CN1C(=O)CC(c2ccncn2)NC1OCCCc1cccnc1.